The zero-order valence-electron chi connectivity index (χ0n) is 22.3. The molecule has 8 heteroatoms. The highest BCUT2D eigenvalue weighted by Crippen LogP contribution is 2.18. The van der Waals surface area contributed by atoms with Crippen LogP contribution in [0.5, 0.6) is 0 Å². The van der Waals surface area contributed by atoms with E-state index in [-0.39, 0.29) is 0 Å². The minimum absolute atomic E-state index is 0.291. The van der Waals surface area contributed by atoms with Gasteiger partial charge in [0.2, 0.25) is 10.0 Å². The predicted molar refractivity (Wildman–Crippen MR) is 149 cm³/mol. The van der Waals surface area contributed by atoms with Crippen molar-refractivity contribution in [3.8, 4) is 0 Å². The number of ether oxygens (including phenoxy) is 1. The van der Waals surface area contributed by atoms with Crippen LogP contribution < -0.4 is 10.0 Å². The summed E-state index contributed by atoms with van der Waals surface area (Å²) in [4.78, 5) is 14.3. The first kappa shape index (κ1) is 28.6. The number of aryl methyl sites for hydroxylation is 1. The number of likely N-dealkylation sites (N-methyl/N-ethyl adjacent to an activating group) is 1. The third-order valence-corrected chi connectivity index (χ3v) is 7.46. The molecule has 0 saturated heterocycles. The van der Waals surface area contributed by atoms with Crippen LogP contribution in [-0.2, 0) is 27.7 Å². The smallest absolute Gasteiger partial charge is 0.407 e. The second-order valence-corrected chi connectivity index (χ2v) is 11.9. The minimum Gasteiger partial charge on any atom is -0.444 e. The number of nitrogens with zero attached hydrogens (tertiary/aromatic N) is 1. The number of carbonyl (C=O) groups is 1. The monoisotopic (exact) mass is 525 g/mol. The molecular formula is C29H39N3O4S. The van der Waals surface area contributed by atoms with E-state index in [4.69, 9.17) is 4.74 Å². The third kappa shape index (κ3) is 9.46. The van der Waals surface area contributed by atoms with E-state index in [1.54, 1.807) is 12.1 Å². The highest BCUT2D eigenvalue weighted by atomic mass is 32.2. The van der Waals surface area contributed by atoms with Gasteiger partial charge < -0.3 is 15.0 Å². The van der Waals surface area contributed by atoms with Crippen LogP contribution in [-0.4, -0.2) is 51.2 Å². The Hall–Kier alpha value is -2.94. The molecule has 3 aromatic rings. The average Bonchev–Trinajstić information content (AvgIpc) is 2.86. The van der Waals surface area contributed by atoms with Gasteiger partial charge in [0.15, 0.2) is 0 Å². The molecule has 200 valence electrons. The average molecular weight is 526 g/mol. The van der Waals surface area contributed by atoms with Crippen molar-refractivity contribution in [3.63, 3.8) is 0 Å². The van der Waals surface area contributed by atoms with E-state index in [2.05, 4.69) is 34.0 Å². The molecule has 0 aliphatic carbocycles. The van der Waals surface area contributed by atoms with E-state index in [0.29, 0.717) is 24.5 Å². The third-order valence-electron chi connectivity index (χ3n) is 6.00. The standard InChI is InChI=1S/C29H39N3O4S/c1-5-32(20-18-31-37(34,35)27-17-16-25-10-6-7-11-26(25)21-27)19-8-9-23-12-14-24(15-13-23)22-30-28(33)36-29(2,3)4/h6-7,10-17,21,31H,5,8-9,18-20,22H2,1-4H3,(H,30,33). The van der Waals surface area contributed by atoms with Crippen LogP contribution in [0.1, 0.15) is 45.2 Å². The van der Waals surface area contributed by atoms with Crippen molar-refractivity contribution in [2.75, 3.05) is 26.2 Å². The first-order valence-corrected chi connectivity index (χ1v) is 14.3. The van der Waals surface area contributed by atoms with Crippen LogP contribution >= 0.6 is 0 Å². The first-order valence-electron chi connectivity index (χ1n) is 12.8. The van der Waals surface area contributed by atoms with Gasteiger partial charge in [0.1, 0.15) is 5.60 Å². The molecule has 0 radical (unpaired) electrons. The molecule has 0 spiro atoms. The molecule has 3 rings (SSSR count). The fourth-order valence-electron chi connectivity index (χ4n) is 4.00. The summed E-state index contributed by atoms with van der Waals surface area (Å²) in [6, 6.07) is 21.1. The number of carbonyl (C=O) groups excluding carboxylic acids is 1. The Balaban J connectivity index is 1.40. The zero-order chi connectivity index (χ0) is 26.9. The van der Waals surface area contributed by atoms with Gasteiger partial charge in [-0.25, -0.2) is 17.9 Å². The Kier molecular flexibility index (Phi) is 10.1. The van der Waals surface area contributed by atoms with Crippen molar-refractivity contribution in [1.29, 1.82) is 0 Å². The Morgan fingerprint density at radius 3 is 2.27 bits per heavy atom. The second kappa shape index (κ2) is 13.0. The summed E-state index contributed by atoms with van der Waals surface area (Å²) in [6.45, 7) is 10.8. The van der Waals surface area contributed by atoms with E-state index in [9.17, 15) is 13.2 Å². The highest BCUT2D eigenvalue weighted by molar-refractivity contribution is 7.89. The van der Waals surface area contributed by atoms with E-state index < -0.39 is 21.7 Å². The van der Waals surface area contributed by atoms with Gasteiger partial charge in [0.05, 0.1) is 4.90 Å². The molecular weight excluding hydrogens is 486 g/mol. The first-order chi connectivity index (χ1) is 17.6. The van der Waals surface area contributed by atoms with Gasteiger partial charge in [-0.2, -0.15) is 0 Å². The molecule has 0 bridgehead atoms. The highest BCUT2D eigenvalue weighted by Gasteiger charge is 2.16. The summed E-state index contributed by atoms with van der Waals surface area (Å²) in [5.74, 6) is 0. The van der Waals surface area contributed by atoms with Crippen molar-refractivity contribution in [1.82, 2.24) is 14.9 Å². The number of hydrogen-bond donors (Lipinski definition) is 2. The lowest BCUT2D eigenvalue weighted by Gasteiger charge is -2.20. The molecule has 0 aliphatic rings. The number of nitrogens with one attached hydrogen (secondary N) is 2. The van der Waals surface area contributed by atoms with Gasteiger partial charge in [-0.1, -0.05) is 61.5 Å². The van der Waals surface area contributed by atoms with Gasteiger partial charge in [0.25, 0.3) is 0 Å². The van der Waals surface area contributed by atoms with E-state index >= 15 is 0 Å². The maximum absolute atomic E-state index is 12.8. The number of sulfonamides is 1. The normalized spacial score (nSPS) is 12.1. The number of amides is 1. The lowest BCUT2D eigenvalue weighted by atomic mass is 10.1. The molecule has 0 aliphatic heterocycles. The minimum atomic E-state index is -3.55. The molecule has 3 aromatic carbocycles. The van der Waals surface area contributed by atoms with Gasteiger partial charge in [-0.05, 0) is 80.7 Å². The zero-order valence-corrected chi connectivity index (χ0v) is 23.1. The van der Waals surface area contributed by atoms with Gasteiger partial charge in [0, 0.05) is 19.6 Å². The van der Waals surface area contributed by atoms with Crippen molar-refractivity contribution in [3.05, 3.63) is 77.9 Å². The molecule has 2 N–H and O–H groups in total. The summed E-state index contributed by atoms with van der Waals surface area (Å²) in [5.41, 5.74) is 1.74. The predicted octanol–water partition coefficient (Wildman–Crippen LogP) is 5.10. The molecule has 0 atom stereocenters. The molecule has 0 unspecified atom stereocenters. The van der Waals surface area contributed by atoms with Crippen molar-refractivity contribution >= 4 is 26.9 Å². The van der Waals surface area contributed by atoms with Gasteiger partial charge in [-0.3, -0.25) is 0 Å². The van der Waals surface area contributed by atoms with E-state index in [1.165, 1.54) is 5.56 Å². The number of hydrogen-bond acceptors (Lipinski definition) is 5. The molecule has 0 aromatic heterocycles. The Bertz CT molecular complexity index is 1270. The lowest BCUT2D eigenvalue weighted by Crippen LogP contribution is -2.35. The Morgan fingerprint density at radius 1 is 0.919 bits per heavy atom. The molecule has 7 nitrogen and oxygen atoms in total. The second-order valence-electron chi connectivity index (χ2n) is 10.1. The quantitative estimate of drug-likeness (QED) is 0.344. The van der Waals surface area contributed by atoms with Crippen LogP contribution in [0.25, 0.3) is 10.8 Å². The van der Waals surface area contributed by atoms with Crippen molar-refractivity contribution in [2.24, 2.45) is 0 Å². The lowest BCUT2D eigenvalue weighted by molar-refractivity contribution is 0.0523. The largest absolute Gasteiger partial charge is 0.444 e. The summed E-state index contributed by atoms with van der Waals surface area (Å²) in [5, 5.41) is 4.70. The van der Waals surface area contributed by atoms with Gasteiger partial charge >= 0.3 is 6.09 Å². The molecule has 0 saturated carbocycles. The van der Waals surface area contributed by atoms with E-state index in [0.717, 1.165) is 42.3 Å². The summed E-state index contributed by atoms with van der Waals surface area (Å²) in [7, 11) is -3.55. The Morgan fingerprint density at radius 2 is 1.59 bits per heavy atom. The summed E-state index contributed by atoms with van der Waals surface area (Å²) in [6.07, 6.45) is 1.48. The maximum atomic E-state index is 12.8. The van der Waals surface area contributed by atoms with Crippen LogP contribution in [0.3, 0.4) is 0 Å². The Labute approximate surface area is 221 Å². The van der Waals surface area contributed by atoms with Gasteiger partial charge in [-0.15, -0.1) is 0 Å². The molecule has 1 amide bonds. The molecule has 0 heterocycles. The number of rotatable bonds is 12. The fourth-order valence-corrected chi connectivity index (χ4v) is 5.06. The molecule has 37 heavy (non-hydrogen) atoms. The number of alkyl carbamates (subject to hydrolysis) is 1. The number of benzene rings is 3. The van der Waals surface area contributed by atoms with Crippen LogP contribution in [0.15, 0.2) is 71.6 Å². The molecule has 0 fully saturated rings. The van der Waals surface area contributed by atoms with Crippen LogP contribution in [0, 0.1) is 0 Å². The number of fused-ring (bicyclic) bond motifs is 1. The maximum Gasteiger partial charge on any atom is 0.407 e. The topological polar surface area (TPSA) is 87.7 Å². The SMILES string of the molecule is CCN(CCCc1ccc(CNC(=O)OC(C)(C)C)cc1)CCNS(=O)(=O)c1ccc2ccccc2c1. The van der Waals surface area contributed by atoms with Crippen molar-refractivity contribution in [2.45, 2.75) is 57.6 Å². The van der Waals surface area contributed by atoms with Crippen LogP contribution in [0.4, 0.5) is 4.79 Å². The van der Waals surface area contributed by atoms with Crippen molar-refractivity contribution < 1.29 is 17.9 Å². The summed E-state index contributed by atoms with van der Waals surface area (Å²) < 4.78 is 33.5. The van der Waals surface area contributed by atoms with Crippen LogP contribution in [0.2, 0.25) is 0 Å². The van der Waals surface area contributed by atoms with E-state index in [1.807, 2.05) is 63.2 Å². The summed E-state index contributed by atoms with van der Waals surface area (Å²) >= 11 is 0. The fraction of sp³-hybridized carbons (Fsp3) is 0.414.